The zero-order valence-corrected chi connectivity index (χ0v) is 40.6. The Hall–Kier alpha value is -3.20. The molecule has 0 spiro atoms. The van der Waals surface area contributed by atoms with Gasteiger partial charge in [0, 0.05) is 51.0 Å². The van der Waals surface area contributed by atoms with E-state index in [1.165, 1.54) is 0 Å². The number of hydrogen-bond acceptors (Lipinski definition) is 13. The number of fused-ring (bicyclic) bond motifs is 2. The number of nitriles is 4. The van der Waals surface area contributed by atoms with Crippen LogP contribution >= 0.6 is 56.5 Å². The van der Waals surface area contributed by atoms with Crippen LogP contribution in [0.5, 0.6) is 0 Å². The monoisotopic (exact) mass is 1020 g/mol. The summed E-state index contributed by atoms with van der Waals surface area (Å²) in [6, 6.07) is 22.9. The van der Waals surface area contributed by atoms with Crippen molar-refractivity contribution in [3.63, 3.8) is 0 Å². The fourth-order valence-electron chi connectivity index (χ4n) is 5.93. The van der Waals surface area contributed by atoms with E-state index in [9.17, 15) is 30.2 Å². The molecule has 328 valence electrons. The van der Waals surface area contributed by atoms with Crippen molar-refractivity contribution in [1.29, 1.82) is 21.0 Å². The highest BCUT2D eigenvalue weighted by Gasteiger charge is 2.38. The molecule has 0 aliphatic rings. The summed E-state index contributed by atoms with van der Waals surface area (Å²) in [6.45, 7) is 15.5. The fourth-order valence-corrected chi connectivity index (χ4v) is 10.1. The van der Waals surface area contributed by atoms with Crippen molar-refractivity contribution < 1.29 is 41.2 Å². The van der Waals surface area contributed by atoms with Gasteiger partial charge in [0.05, 0.1) is 61.5 Å². The average Bonchev–Trinajstić information content (AvgIpc) is 3.25. The molecule has 4 aromatic rings. The van der Waals surface area contributed by atoms with E-state index in [2.05, 4.69) is 56.1 Å². The second-order valence-corrected chi connectivity index (χ2v) is 17.0. The molecule has 0 amide bonds. The fraction of sp³-hybridized carbons (Fsp3) is 0.442. The standard InChI is InChI=1S/C22H26N2O6P2.C14H8Br2N2.C6H15O3P.CH4/c1-5-27-22(31-25,28-6-2)21-12-11-17-18(20(21)14-24)10-9-16(19(17)13-23)15-32(26,29-7-3)30-8-4;15-5-9-1-3-11-12(13(9)7-17)4-2-10(6-16)14(11)8-18;1-4-7-10(8-5-2)9-6-3;/h9-12H,5-8,15H2,1-4H3;1-4H,5-6H2;4-6H2,1-3H3;1H4. The van der Waals surface area contributed by atoms with E-state index in [-0.39, 0.29) is 51.1 Å². The molecule has 4 aromatic carbocycles. The number of nitrogens with zero attached hydrogens (tertiary/aromatic N) is 4. The molecule has 0 aliphatic carbocycles. The molecule has 61 heavy (non-hydrogen) atoms. The highest BCUT2D eigenvalue weighted by atomic mass is 79.9. The maximum Gasteiger partial charge on any atom is 0.335 e. The van der Waals surface area contributed by atoms with Gasteiger partial charge in [-0.2, -0.15) is 21.0 Å². The van der Waals surface area contributed by atoms with Crippen molar-refractivity contribution in [2.75, 3.05) is 46.2 Å². The van der Waals surface area contributed by atoms with Crippen LogP contribution in [0.4, 0.5) is 0 Å². The molecule has 0 unspecified atom stereocenters. The highest BCUT2D eigenvalue weighted by molar-refractivity contribution is 9.08. The summed E-state index contributed by atoms with van der Waals surface area (Å²) >= 11 is 6.75. The largest absolute Gasteiger partial charge is 0.337 e. The van der Waals surface area contributed by atoms with Crippen LogP contribution in [0.25, 0.3) is 21.5 Å². The van der Waals surface area contributed by atoms with Crippen LogP contribution < -0.4 is 0 Å². The molecule has 0 saturated carbocycles. The van der Waals surface area contributed by atoms with E-state index in [4.69, 9.17) is 32.1 Å². The number of benzene rings is 4. The highest BCUT2D eigenvalue weighted by Crippen LogP contribution is 2.52. The van der Waals surface area contributed by atoms with Crippen LogP contribution in [0.3, 0.4) is 0 Å². The summed E-state index contributed by atoms with van der Waals surface area (Å²) in [5.74, 6) is 0. The van der Waals surface area contributed by atoms with Gasteiger partial charge in [0.2, 0.25) is 8.46 Å². The van der Waals surface area contributed by atoms with Crippen LogP contribution in [0.15, 0.2) is 48.5 Å². The van der Waals surface area contributed by atoms with Gasteiger partial charge in [-0.3, -0.25) is 9.13 Å². The molecule has 0 atom stereocenters. The Bertz CT molecular complexity index is 2180. The molecule has 0 N–H and O–H groups in total. The predicted molar refractivity (Wildman–Crippen MR) is 248 cm³/mol. The first-order valence-electron chi connectivity index (χ1n) is 19.1. The molecule has 0 heterocycles. The second kappa shape index (κ2) is 29.2. The van der Waals surface area contributed by atoms with E-state index >= 15 is 0 Å². The summed E-state index contributed by atoms with van der Waals surface area (Å²) in [5, 5.41) is 42.3. The molecule has 0 saturated heterocycles. The SMILES string of the molecule is C.CCOC(OCC)(P=O)c1ccc2c(C#N)c(CP(=O)(OCC)OCC)ccc2c1C#N.CCOP(OCC)OCC.N#Cc1c(CBr)ccc2c(C#N)c(CBr)ccc12. The Morgan fingerprint density at radius 2 is 0.934 bits per heavy atom. The summed E-state index contributed by atoms with van der Waals surface area (Å²) in [5.41, 5.74) is 2.79. The van der Waals surface area contributed by atoms with Gasteiger partial charge in [0.15, 0.2) is 0 Å². The number of rotatable bonds is 20. The topological polar surface area (TPSA) is 194 Å². The van der Waals surface area contributed by atoms with Crippen LogP contribution in [-0.4, -0.2) is 46.2 Å². The Labute approximate surface area is 380 Å². The van der Waals surface area contributed by atoms with Gasteiger partial charge in [0.1, 0.15) is 24.3 Å². The number of alkyl halides is 2. The van der Waals surface area contributed by atoms with Gasteiger partial charge in [-0.25, -0.2) is 0 Å². The van der Waals surface area contributed by atoms with E-state index in [1.807, 2.05) is 45.0 Å². The van der Waals surface area contributed by atoms with Gasteiger partial charge in [0.25, 0.3) is 5.53 Å². The third-order valence-electron chi connectivity index (χ3n) is 8.26. The van der Waals surface area contributed by atoms with Gasteiger partial charge in [-0.15, -0.1) is 0 Å². The van der Waals surface area contributed by atoms with E-state index in [1.54, 1.807) is 52.0 Å². The Balaban J connectivity index is 0.000000536. The molecule has 0 radical (unpaired) electrons. The minimum atomic E-state index is -3.44. The van der Waals surface area contributed by atoms with E-state index in [0.717, 1.165) is 21.9 Å². The van der Waals surface area contributed by atoms with Crippen LogP contribution in [0.2, 0.25) is 0 Å². The number of halogens is 2. The smallest absolute Gasteiger partial charge is 0.335 e. The lowest BCUT2D eigenvalue weighted by molar-refractivity contribution is -0.176. The maximum atomic E-state index is 13.0. The minimum Gasteiger partial charge on any atom is -0.337 e. The normalized spacial score (nSPS) is 11.0. The second-order valence-electron chi connectivity index (χ2n) is 11.8. The van der Waals surface area contributed by atoms with Crippen molar-refractivity contribution in [1.82, 2.24) is 0 Å². The van der Waals surface area contributed by atoms with Gasteiger partial charge < -0.3 is 32.1 Å². The van der Waals surface area contributed by atoms with Gasteiger partial charge in [-0.1, -0.05) is 87.8 Å². The van der Waals surface area contributed by atoms with Gasteiger partial charge in [-0.05, 0) is 65.2 Å². The molecule has 18 heteroatoms. The van der Waals surface area contributed by atoms with Crippen molar-refractivity contribution in [3.05, 3.63) is 93.0 Å². The van der Waals surface area contributed by atoms with Gasteiger partial charge >= 0.3 is 16.2 Å². The third-order valence-corrected chi connectivity index (χ3v) is 13.6. The van der Waals surface area contributed by atoms with Crippen LogP contribution in [0, 0.1) is 45.3 Å². The number of ether oxygens (including phenoxy) is 2. The zero-order valence-electron chi connectivity index (χ0n) is 34.8. The minimum absolute atomic E-state index is 0. The number of hydrogen-bond donors (Lipinski definition) is 0. The molecular weight excluding hydrogens is 969 g/mol. The summed E-state index contributed by atoms with van der Waals surface area (Å²) in [6.07, 6.45) is -0.0713. The van der Waals surface area contributed by atoms with E-state index < -0.39 is 30.2 Å². The molecule has 4 rings (SSSR count). The molecule has 0 fully saturated rings. The third kappa shape index (κ3) is 14.7. The molecular formula is C43H53Br2N4O9P3. The molecule has 0 aromatic heterocycles. The Morgan fingerprint density at radius 3 is 1.26 bits per heavy atom. The quantitative estimate of drug-likeness (QED) is 0.0461. The maximum absolute atomic E-state index is 13.0. The molecule has 0 bridgehead atoms. The lowest BCUT2D eigenvalue weighted by Gasteiger charge is -2.28. The Morgan fingerprint density at radius 1 is 0.574 bits per heavy atom. The summed E-state index contributed by atoms with van der Waals surface area (Å²) in [7, 11) is -4.95. The van der Waals surface area contributed by atoms with Crippen molar-refractivity contribution >= 4 is 78.1 Å². The zero-order chi connectivity index (χ0) is 44.7. The first-order valence-corrected chi connectivity index (χ1v) is 25.0. The Kier molecular flexibility index (Phi) is 26.7. The summed E-state index contributed by atoms with van der Waals surface area (Å²) < 4.78 is 62.6. The molecule has 0 aliphatic heterocycles. The van der Waals surface area contributed by atoms with Crippen molar-refractivity contribution in [2.24, 2.45) is 0 Å². The lowest BCUT2D eigenvalue weighted by Crippen LogP contribution is -2.28. The first kappa shape index (κ1) is 55.8. The van der Waals surface area contributed by atoms with E-state index in [0.29, 0.717) is 63.5 Å². The molecule has 13 nitrogen and oxygen atoms in total. The van der Waals surface area contributed by atoms with Crippen LogP contribution in [-0.2, 0) is 63.6 Å². The van der Waals surface area contributed by atoms with Crippen molar-refractivity contribution in [2.45, 2.75) is 78.2 Å². The predicted octanol–water partition coefficient (Wildman–Crippen LogP) is 13.2. The average molecular weight is 1020 g/mol. The lowest BCUT2D eigenvalue weighted by atomic mass is 9.94. The first-order chi connectivity index (χ1) is 29.0. The van der Waals surface area contributed by atoms with Crippen LogP contribution in [0.1, 0.15) is 100 Å². The van der Waals surface area contributed by atoms with Crippen molar-refractivity contribution in [3.8, 4) is 24.3 Å². The summed E-state index contributed by atoms with van der Waals surface area (Å²) in [4.78, 5) is 0.